The lowest BCUT2D eigenvalue weighted by Crippen LogP contribution is -2.16. The minimum atomic E-state index is -0.456. The van der Waals surface area contributed by atoms with Crippen LogP contribution in [0.4, 0.5) is 0 Å². The second-order valence-corrected chi connectivity index (χ2v) is 5.94. The maximum Gasteiger partial charge on any atom is 0.338 e. The number of esters is 1. The van der Waals surface area contributed by atoms with Crippen LogP contribution < -0.4 is 18.9 Å². The molecule has 2 aromatic rings. The zero-order chi connectivity index (χ0) is 17.2. The van der Waals surface area contributed by atoms with Crippen LogP contribution in [0.25, 0.3) is 0 Å². The molecule has 4 rings (SSSR count). The van der Waals surface area contributed by atoms with Crippen LogP contribution in [0.5, 0.6) is 23.0 Å². The summed E-state index contributed by atoms with van der Waals surface area (Å²) in [5.41, 5.74) is 1.12. The second kappa shape index (κ2) is 6.72. The number of hydrogen-bond donors (Lipinski definition) is 0. The van der Waals surface area contributed by atoms with Gasteiger partial charge >= 0.3 is 5.97 Å². The van der Waals surface area contributed by atoms with Gasteiger partial charge in [0.25, 0.3) is 0 Å². The highest BCUT2D eigenvalue weighted by atomic mass is 35.5. The van der Waals surface area contributed by atoms with E-state index in [1.54, 1.807) is 30.3 Å². The molecule has 2 aliphatic heterocycles. The summed E-state index contributed by atoms with van der Waals surface area (Å²) in [6.07, 6.45) is 0. The summed E-state index contributed by atoms with van der Waals surface area (Å²) in [6, 6.07) is 8.43. The summed E-state index contributed by atoms with van der Waals surface area (Å²) in [5, 5.41) is 0.433. The van der Waals surface area contributed by atoms with E-state index in [1.807, 2.05) is 0 Å². The minimum absolute atomic E-state index is 0.0731. The molecular weight excluding hydrogens is 348 g/mol. The Labute approximate surface area is 149 Å². The fourth-order valence-electron chi connectivity index (χ4n) is 2.65. The van der Waals surface area contributed by atoms with Crippen molar-refractivity contribution in [1.82, 2.24) is 0 Å². The Morgan fingerprint density at radius 1 is 0.920 bits per heavy atom. The number of fused-ring (bicyclic) bond motifs is 2. The molecule has 0 bridgehead atoms. The largest absolute Gasteiger partial charge is 0.486 e. The monoisotopic (exact) mass is 362 g/mol. The Kier molecular flexibility index (Phi) is 4.28. The van der Waals surface area contributed by atoms with Gasteiger partial charge in [0.15, 0.2) is 23.0 Å². The summed E-state index contributed by atoms with van der Waals surface area (Å²) in [4.78, 5) is 12.3. The predicted molar refractivity (Wildman–Crippen MR) is 89.0 cm³/mol. The first-order chi connectivity index (χ1) is 12.2. The third-order valence-electron chi connectivity index (χ3n) is 3.80. The van der Waals surface area contributed by atoms with E-state index < -0.39 is 5.97 Å². The van der Waals surface area contributed by atoms with Crippen molar-refractivity contribution in [3.05, 3.63) is 46.5 Å². The van der Waals surface area contributed by atoms with E-state index in [0.717, 1.165) is 5.56 Å². The highest BCUT2D eigenvalue weighted by molar-refractivity contribution is 6.32. The predicted octanol–water partition coefficient (Wildman–Crippen LogP) is 3.24. The van der Waals surface area contributed by atoms with E-state index in [2.05, 4.69) is 0 Å². The summed E-state index contributed by atoms with van der Waals surface area (Å²) < 4.78 is 27.3. The van der Waals surface area contributed by atoms with Crippen LogP contribution in [0.3, 0.4) is 0 Å². The lowest BCUT2D eigenvalue weighted by Gasteiger charge is -2.20. The fourth-order valence-corrected chi connectivity index (χ4v) is 2.94. The molecule has 130 valence electrons. The topological polar surface area (TPSA) is 63.2 Å². The van der Waals surface area contributed by atoms with Crippen LogP contribution in [-0.4, -0.2) is 32.4 Å². The molecule has 6 nitrogen and oxygen atoms in total. The molecular formula is C18H15ClO6. The number of rotatable bonds is 3. The first-order valence-corrected chi connectivity index (χ1v) is 8.23. The molecule has 2 aliphatic rings. The molecule has 0 fully saturated rings. The number of halogens is 1. The first kappa shape index (κ1) is 15.9. The molecule has 0 saturated heterocycles. The van der Waals surface area contributed by atoms with Gasteiger partial charge in [-0.2, -0.15) is 0 Å². The molecule has 0 aromatic heterocycles. The van der Waals surface area contributed by atoms with Gasteiger partial charge < -0.3 is 23.7 Å². The van der Waals surface area contributed by atoms with Crippen molar-refractivity contribution >= 4 is 17.6 Å². The standard InChI is InChI=1S/C18H15ClO6/c19-13-7-11(8-16-17(13)24-6-5-23-16)10-25-18(20)12-1-2-14-15(9-12)22-4-3-21-14/h1-2,7-9H,3-6,10H2. The lowest BCUT2D eigenvalue weighted by molar-refractivity contribution is 0.0471. The zero-order valence-electron chi connectivity index (χ0n) is 13.2. The lowest BCUT2D eigenvalue weighted by atomic mass is 10.2. The normalized spacial score (nSPS) is 14.8. The SMILES string of the molecule is O=C(OCc1cc(Cl)c2c(c1)OCCO2)c1ccc2c(c1)OCCO2. The van der Waals surface area contributed by atoms with E-state index in [0.29, 0.717) is 60.0 Å². The molecule has 25 heavy (non-hydrogen) atoms. The van der Waals surface area contributed by atoms with Gasteiger partial charge in [0.05, 0.1) is 10.6 Å². The van der Waals surface area contributed by atoms with Crippen LogP contribution in [0, 0.1) is 0 Å². The summed E-state index contributed by atoms with van der Waals surface area (Å²) in [5.74, 6) is 1.80. The van der Waals surface area contributed by atoms with Crippen LogP contribution in [0.2, 0.25) is 5.02 Å². The Hall–Kier alpha value is -2.60. The van der Waals surface area contributed by atoms with Crippen molar-refractivity contribution in [2.24, 2.45) is 0 Å². The highest BCUT2D eigenvalue weighted by Gasteiger charge is 2.19. The molecule has 0 amide bonds. The molecule has 0 N–H and O–H groups in total. The first-order valence-electron chi connectivity index (χ1n) is 7.85. The van der Waals surface area contributed by atoms with Gasteiger partial charge in [-0.25, -0.2) is 4.79 Å². The van der Waals surface area contributed by atoms with Crippen molar-refractivity contribution in [3.63, 3.8) is 0 Å². The van der Waals surface area contributed by atoms with E-state index in [-0.39, 0.29) is 6.61 Å². The van der Waals surface area contributed by atoms with Crippen molar-refractivity contribution < 1.29 is 28.5 Å². The van der Waals surface area contributed by atoms with E-state index in [9.17, 15) is 4.79 Å². The van der Waals surface area contributed by atoms with Crippen LogP contribution in [0.15, 0.2) is 30.3 Å². The third-order valence-corrected chi connectivity index (χ3v) is 4.09. The maximum absolute atomic E-state index is 12.3. The van der Waals surface area contributed by atoms with Crippen LogP contribution in [0.1, 0.15) is 15.9 Å². The molecule has 2 heterocycles. The molecule has 2 aromatic carbocycles. The second-order valence-electron chi connectivity index (χ2n) is 5.54. The highest BCUT2D eigenvalue weighted by Crippen LogP contribution is 2.38. The minimum Gasteiger partial charge on any atom is -0.486 e. The smallest absolute Gasteiger partial charge is 0.338 e. The molecule has 7 heteroatoms. The average Bonchev–Trinajstić information content (AvgIpc) is 2.66. The molecule has 0 atom stereocenters. The Morgan fingerprint density at radius 3 is 2.48 bits per heavy atom. The zero-order valence-corrected chi connectivity index (χ0v) is 14.0. The van der Waals surface area contributed by atoms with E-state index in [1.165, 1.54) is 0 Å². The van der Waals surface area contributed by atoms with Gasteiger partial charge in [0.2, 0.25) is 0 Å². The van der Waals surface area contributed by atoms with Gasteiger partial charge in [-0.15, -0.1) is 0 Å². The van der Waals surface area contributed by atoms with Gasteiger partial charge in [0.1, 0.15) is 33.0 Å². The van der Waals surface area contributed by atoms with Crippen molar-refractivity contribution in [1.29, 1.82) is 0 Å². The number of benzene rings is 2. The Morgan fingerprint density at radius 2 is 1.64 bits per heavy atom. The van der Waals surface area contributed by atoms with E-state index >= 15 is 0 Å². The average molecular weight is 363 g/mol. The van der Waals surface area contributed by atoms with Crippen molar-refractivity contribution in [2.75, 3.05) is 26.4 Å². The number of carbonyl (C=O) groups excluding carboxylic acids is 1. The Balaban J connectivity index is 1.46. The summed E-state index contributed by atoms with van der Waals surface area (Å²) in [7, 11) is 0. The summed E-state index contributed by atoms with van der Waals surface area (Å²) in [6.45, 7) is 1.96. The number of hydrogen-bond acceptors (Lipinski definition) is 6. The van der Waals surface area contributed by atoms with Gasteiger partial charge in [0, 0.05) is 0 Å². The molecule has 0 saturated carbocycles. The van der Waals surface area contributed by atoms with Gasteiger partial charge in [-0.1, -0.05) is 11.6 Å². The van der Waals surface area contributed by atoms with Crippen LogP contribution in [-0.2, 0) is 11.3 Å². The fraction of sp³-hybridized carbons (Fsp3) is 0.278. The van der Waals surface area contributed by atoms with Gasteiger partial charge in [-0.05, 0) is 35.9 Å². The number of ether oxygens (including phenoxy) is 5. The third kappa shape index (κ3) is 3.30. The van der Waals surface area contributed by atoms with Crippen molar-refractivity contribution in [3.8, 4) is 23.0 Å². The van der Waals surface area contributed by atoms with Crippen LogP contribution >= 0.6 is 11.6 Å². The molecule has 0 unspecified atom stereocenters. The number of carbonyl (C=O) groups is 1. The van der Waals surface area contributed by atoms with Crippen molar-refractivity contribution in [2.45, 2.75) is 6.61 Å². The Bertz CT molecular complexity index is 819. The molecule has 0 aliphatic carbocycles. The van der Waals surface area contributed by atoms with E-state index in [4.69, 9.17) is 35.3 Å². The maximum atomic E-state index is 12.3. The summed E-state index contributed by atoms with van der Waals surface area (Å²) >= 11 is 6.18. The quantitative estimate of drug-likeness (QED) is 0.781. The molecule has 0 radical (unpaired) electrons. The molecule has 0 spiro atoms. The van der Waals surface area contributed by atoms with Gasteiger partial charge in [-0.3, -0.25) is 0 Å².